The van der Waals surface area contributed by atoms with Crippen LogP contribution in [0.15, 0.2) is 48.5 Å². The first-order valence-corrected chi connectivity index (χ1v) is 7.05. The number of fused-ring (bicyclic) bond motifs is 1. The molecule has 0 radical (unpaired) electrons. The second-order valence-electron chi connectivity index (χ2n) is 5.20. The second-order valence-corrected chi connectivity index (χ2v) is 5.20. The van der Waals surface area contributed by atoms with Gasteiger partial charge in [-0.25, -0.2) is 9.18 Å². The molecule has 1 aromatic heterocycles. The number of hydrogen-bond donors (Lipinski definition) is 1. The molecular weight excluding hydrogens is 297 g/mol. The highest BCUT2D eigenvalue weighted by Gasteiger charge is 2.10. The molecule has 0 aliphatic rings. The summed E-state index contributed by atoms with van der Waals surface area (Å²) in [6.07, 6.45) is 0. The third-order valence-corrected chi connectivity index (χ3v) is 3.53. The molecule has 116 valence electrons. The number of carboxylic acids is 1. The van der Waals surface area contributed by atoms with E-state index in [-0.39, 0.29) is 11.4 Å². The molecule has 0 saturated carbocycles. The smallest absolute Gasteiger partial charge is 0.337 e. The summed E-state index contributed by atoms with van der Waals surface area (Å²) in [5.41, 5.74) is 2.18. The van der Waals surface area contributed by atoms with Crippen LogP contribution in [0.3, 0.4) is 0 Å². The number of rotatable bonds is 4. The maximum atomic E-state index is 12.9. The van der Waals surface area contributed by atoms with Crippen molar-refractivity contribution >= 4 is 16.9 Å². The molecular formula is C18H14FNO3. The average molecular weight is 311 g/mol. The summed E-state index contributed by atoms with van der Waals surface area (Å²) in [5, 5.41) is 9.86. The number of aryl methyl sites for hydroxylation is 1. The Morgan fingerprint density at radius 3 is 2.61 bits per heavy atom. The Morgan fingerprint density at radius 1 is 1.17 bits per heavy atom. The molecule has 4 nitrogen and oxygen atoms in total. The first kappa shape index (κ1) is 15.0. The van der Waals surface area contributed by atoms with Crippen molar-refractivity contribution in [3.8, 4) is 5.75 Å². The fraction of sp³-hybridized carbons (Fsp3) is 0.111. The summed E-state index contributed by atoms with van der Waals surface area (Å²) >= 11 is 0. The quantitative estimate of drug-likeness (QED) is 0.792. The lowest BCUT2D eigenvalue weighted by Gasteiger charge is -2.08. The van der Waals surface area contributed by atoms with E-state index in [0.717, 1.165) is 10.9 Å². The largest absolute Gasteiger partial charge is 0.489 e. The van der Waals surface area contributed by atoms with Crippen LogP contribution in [0.5, 0.6) is 5.75 Å². The molecule has 1 N–H and O–H groups in total. The van der Waals surface area contributed by atoms with Crippen LogP contribution in [-0.4, -0.2) is 16.1 Å². The molecule has 0 fully saturated rings. The number of halogens is 1. The highest BCUT2D eigenvalue weighted by atomic mass is 19.1. The molecule has 2 aromatic carbocycles. The number of benzene rings is 2. The van der Waals surface area contributed by atoms with Gasteiger partial charge in [-0.2, -0.15) is 0 Å². The van der Waals surface area contributed by atoms with Crippen molar-refractivity contribution in [2.75, 3.05) is 0 Å². The number of carboxylic acid groups (broad SMARTS) is 1. The van der Waals surface area contributed by atoms with E-state index in [2.05, 4.69) is 4.98 Å². The van der Waals surface area contributed by atoms with Crippen molar-refractivity contribution < 1.29 is 19.0 Å². The third kappa shape index (κ3) is 3.29. The molecule has 5 heteroatoms. The first-order chi connectivity index (χ1) is 11.0. The zero-order valence-electron chi connectivity index (χ0n) is 12.4. The Labute approximate surface area is 132 Å². The van der Waals surface area contributed by atoms with Crippen molar-refractivity contribution in [2.45, 2.75) is 13.5 Å². The summed E-state index contributed by atoms with van der Waals surface area (Å²) in [5.74, 6) is -0.654. The number of ether oxygens (including phenoxy) is 1. The van der Waals surface area contributed by atoms with Crippen LogP contribution in [0.2, 0.25) is 0 Å². The van der Waals surface area contributed by atoms with Crippen LogP contribution >= 0.6 is 0 Å². The Kier molecular flexibility index (Phi) is 3.93. The van der Waals surface area contributed by atoms with Crippen LogP contribution in [0.4, 0.5) is 4.39 Å². The van der Waals surface area contributed by atoms with Gasteiger partial charge in [-0.3, -0.25) is 4.98 Å². The number of aromatic carboxylic acids is 1. The van der Waals surface area contributed by atoms with Crippen LogP contribution in [0.25, 0.3) is 10.9 Å². The number of aromatic nitrogens is 1. The molecule has 0 saturated heterocycles. The van der Waals surface area contributed by atoms with Gasteiger partial charge < -0.3 is 9.84 Å². The maximum absolute atomic E-state index is 12.9. The minimum Gasteiger partial charge on any atom is -0.489 e. The van der Waals surface area contributed by atoms with E-state index in [4.69, 9.17) is 9.84 Å². The zero-order valence-corrected chi connectivity index (χ0v) is 12.4. The highest BCUT2D eigenvalue weighted by molar-refractivity contribution is 5.94. The molecule has 1 heterocycles. The molecule has 0 unspecified atom stereocenters. The fourth-order valence-corrected chi connectivity index (χ4v) is 2.30. The predicted octanol–water partition coefficient (Wildman–Crippen LogP) is 3.96. The number of carbonyl (C=O) groups is 1. The van der Waals surface area contributed by atoms with Crippen LogP contribution < -0.4 is 4.74 Å². The van der Waals surface area contributed by atoms with Gasteiger partial charge >= 0.3 is 5.97 Å². The van der Waals surface area contributed by atoms with Gasteiger partial charge in [0.1, 0.15) is 18.2 Å². The van der Waals surface area contributed by atoms with Crippen molar-refractivity contribution in [1.82, 2.24) is 4.98 Å². The molecule has 0 spiro atoms. The van der Waals surface area contributed by atoms with Gasteiger partial charge in [-0.05, 0) is 42.8 Å². The monoisotopic (exact) mass is 311 g/mol. The lowest BCUT2D eigenvalue weighted by molar-refractivity contribution is 0.0696. The van der Waals surface area contributed by atoms with Crippen LogP contribution in [0.1, 0.15) is 21.6 Å². The second kappa shape index (κ2) is 6.04. The molecule has 0 aliphatic heterocycles. The van der Waals surface area contributed by atoms with E-state index in [9.17, 15) is 9.18 Å². The van der Waals surface area contributed by atoms with Gasteiger partial charge in [0.05, 0.1) is 16.8 Å². The van der Waals surface area contributed by atoms with Crippen molar-refractivity contribution in [2.24, 2.45) is 0 Å². The van der Waals surface area contributed by atoms with Gasteiger partial charge in [0, 0.05) is 11.5 Å². The standard InChI is InChI=1S/C18H14FNO3/c1-11-16(18(21)22)8-13-4-7-15(9-17(13)20-11)23-10-12-2-5-14(19)6-3-12/h2-9H,10H2,1H3,(H,21,22). The van der Waals surface area contributed by atoms with Gasteiger partial charge in [0.2, 0.25) is 0 Å². The van der Waals surface area contributed by atoms with Gasteiger partial charge in [0.25, 0.3) is 0 Å². The summed E-state index contributed by atoms with van der Waals surface area (Å²) in [7, 11) is 0. The third-order valence-electron chi connectivity index (χ3n) is 3.53. The normalized spacial score (nSPS) is 10.7. The number of nitrogens with zero attached hydrogens (tertiary/aromatic N) is 1. The zero-order chi connectivity index (χ0) is 16.4. The van der Waals surface area contributed by atoms with Crippen molar-refractivity contribution in [3.05, 3.63) is 71.2 Å². The van der Waals surface area contributed by atoms with Gasteiger partial charge in [0.15, 0.2) is 0 Å². The van der Waals surface area contributed by atoms with E-state index < -0.39 is 5.97 Å². The van der Waals surface area contributed by atoms with Gasteiger partial charge in [-0.1, -0.05) is 12.1 Å². The molecule has 23 heavy (non-hydrogen) atoms. The lowest BCUT2D eigenvalue weighted by atomic mass is 10.1. The predicted molar refractivity (Wildman–Crippen MR) is 84.2 cm³/mol. The molecule has 0 aliphatic carbocycles. The minimum atomic E-state index is -0.992. The molecule has 3 rings (SSSR count). The van der Waals surface area contributed by atoms with Crippen LogP contribution in [0, 0.1) is 12.7 Å². The average Bonchev–Trinajstić information content (AvgIpc) is 2.53. The van der Waals surface area contributed by atoms with E-state index in [1.807, 2.05) is 0 Å². The van der Waals surface area contributed by atoms with E-state index in [1.54, 1.807) is 43.3 Å². The molecule has 0 atom stereocenters. The Bertz CT molecular complexity index is 875. The van der Waals surface area contributed by atoms with Crippen molar-refractivity contribution in [1.29, 1.82) is 0 Å². The SMILES string of the molecule is Cc1nc2cc(OCc3ccc(F)cc3)ccc2cc1C(=O)O. The Morgan fingerprint density at radius 2 is 1.91 bits per heavy atom. The number of hydrogen-bond acceptors (Lipinski definition) is 3. The topological polar surface area (TPSA) is 59.4 Å². The molecule has 3 aromatic rings. The van der Waals surface area contributed by atoms with Crippen LogP contribution in [-0.2, 0) is 6.61 Å². The summed E-state index contributed by atoms with van der Waals surface area (Å²) in [6.45, 7) is 1.98. The Hall–Kier alpha value is -2.95. The maximum Gasteiger partial charge on any atom is 0.337 e. The van der Waals surface area contributed by atoms with Gasteiger partial charge in [-0.15, -0.1) is 0 Å². The fourth-order valence-electron chi connectivity index (χ4n) is 2.30. The summed E-state index contributed by atoms with van der Waals surface area (Å²) in [6, 6.07) is 13.0. The van der Waals surface area contributed by atoms with Crippen molar-refractivity contribution in [3.63, 3.8) is 0 Å². The van der Waals surface area contributed by atoms with E-state index in [0.29, 0.717) is 23.6 Å². The first-order valence-electron chi connectivity index (χ1n) is 7.05. The molecule has 0 bridgehead atoms. The Balaban J connectivity index is 1.83. The number of pyridine rings is 1. The summed E-state index contributed by atoms with van der Waals surface area (Å²) < 4.78 is 18.5. The highest BCUT2D eigenvalue weighted by Crippen LogP contribution is 2.22. The van der Waals surface area contributed by atoms with E-state index >= 15 is 0 Å². The lowest BCUT2D eigenvalue weighted by Crippen LogP contribution is -2.02. The summed E-state index contributed by atoms with van der Waals surface area (Å²) in [4.78, 5) is 15.4. The van der Waals surface area contributed by atoms with E-state index in [1.165, 1.54) is 12.1 Å². The molecule has 0 amide bonds. The minimum absolute atomic E-state index is 0.192.